The van der Waals surface area contributed by atoms with Gasteiger partial charge < -0.3 is 4.57 Å². The first-order valence-electron chi connectivity index (χ1n) is 29.2. The van der Waals surface area contributed by atoms with E-state index in [1.54, 1.807) is 0 Å². The van der Waals surface area contributed by atoms with Gasteiger partial charge in [0.15, 0.2) is 16.1 Å². The second kappa shape index (κ2) is 18.3. The largest absolute Gasteiger partial charge is 0.309 e. The van der Waals surface area contributed by atoms with E-state index in [1.807, 2.05) is 12.1 Å². The molecule has 0 N–H and O–H groups in total. The summed E-state index contributed by atoms with van der Waals surface area (Å²) < 4.78 is 46.9. The van der Waals surface area contributed by atoms with Crippen LogP contribution in [0.4, 0.5) is 0 Å². The van der Waals surface area contributed by atoms with Crippen LogP contribution in [0, 0.1) is 0 Å². The molecule has 16 rings (SSSR count). The van der Waals surface area contributed by atoms with Crippen LogP contribution in [0.3, 0.4) is 0 Å². The molecule has 0 radical (unpaired) electrons. The van der Waals surface area contributed by atoms with Gasteiger partial charge in [-0.15, -0.1) is 0 Å². The summed E-state index contributed by atoms with van der Waals surface area (Å²) in [5, 5.41) is 12.4. The number of rotatable bonds is 10. The third-order valence-corrected chi connectivity index (χ3v) is 26.5. The van der Waals surface area contributed by atoms with Crippen molar-refractivity contribution in [3.8, 4) is 16.8 Å². The SMILES string of the molecule is [2H]c1c([2H])c([2H])c(-c2cccc([Si](c3ccccc3)(c3ccccc3)c3cccc4c3C3c5ccccc5C4c4cccc(-n5c6ccccc6c6ccc([Si](c7ccccc7)(c7ccccc7)c7ccccc7)cc65)c43)c2)c([2H])c1[2H]. The molecular weight excluding hydrogens is 959 g/mol. The Kier molecular flexibility index (Phi) is 9.57. The summed E-state index contributed by atoms with van der Waals surface area (Å²) in [6.07, 6.45) is 0. The lowest BCUT2D eigenvalue weighted by Gasteiger charge is -2.47. The Labute approximate surface area is 459 Å². The fourth-order valence-electron chi connectivity index (χ4n) is 14.0. The van der Waals surface area contributed by atoms with Crippen molar-refractivity contribution in [2.45, 2.75) is 11.8 Å². The molecule has 13 aromatic rings. The van der Waals surface area contributed by atoms with Gasteiger partial charge in [-0.25, -0.2) is 0 Å². The van der Waals surface area contributed by atoms with E-state index in [0.717, 1.165) is 21.9 Å². The quantitative estimate of drug-likeness (QED) is 0.0950. The Bertz CT molecular complexity index is 4480. The zero-order chi connectivity index (χ0) is 55.3. The number of hydrogen-bond donors (Lipinski definition) is 0. The number of benzene rings is 12. The molecule has 0 amide bonds. The molecule has 3 aliphatic rings. The molecular formula is C74H53NSi2. The first-order valence-corrected chi connectivity index (χ1v) is 30.7. The van der Waals surface area contributed by atoms with Gasteiger partial charge in [-0.1, -0.05) is 291 Å². The Morgan fingerprint density at radius 2 is 0.753 bits per heavy atom. The van der Waals surface area contributed by atoms with E-state index in [1.165, 1.54) is 80.5 Å². The van der Waals surface area contributed by atoms with Crippen molar-refractivity contribution >= 4 is 79.4 Å². The van der Waals surface area contributed by atoms with Crippen LogP contribution in [-0.2, 0) is 0 Å². The summed E-state index contributed by atoms with van der Waals surface area (Å²) in [6.45, 7) is 0. The lowest BCUT2D eigenvalue weighted by molar-refractivity contribution is 0.752. The van der Waals surface area contributed by atoms with Crippen LogP contribution in [0.15, 0.2) is 309 Å². The molecule has 0 aliphatic heterocycles. The highest BCUT2D eigenvalue weighted by atomic mass is 28.3. The summed E-state index contributed by atoms with van der Waals surface area (Å²) >= 11 is 0. The molecule has 1 heterocycles. The minimum atomic E-state index is -3.45. The van der Waals surface area contributed by atoms with Crippen molar-refractivity contribution in [2.75, 3.05) is 0 Å². The maximum absolute atomic E-state index is 9.19. The Morgan fingerprint density at radius 3 is 1.36 bits per heavy atom. The molecule has 2 unspecified atom stereocenters. The highest BCUT2D eigenvalue weighted by molar-refractivity contribution is 7.20. The Balaban J connectivity index is 1.03. The number of fused-ring (bicyclic) bond motifs is 3. The lowest BCUT2D eigenvalue weighted by Crippen LogP contribution is -2.75. The van der Waals surface area contributed by atoms with Crippen molar-refractivity contribution < 1.29 is 6.85 Å². The molecule has 1 aromatic heterocycles. The second-order valence-electron chi connectivity index (χ2n) is 20.6. The van der Waals surface area contributed by atoms with Gasteiger partial charge in [-0.05, 0) is 104 Å². The number of aromatic nitrogens is 1. The smallest absolute Gasteiger partial charge is 0.179 e. The van der Waals surface area contributed by atoms with Crippen LogP contribution in [0.2, 0.25) is 0 Å². The number of hydrogen-bond acceptors (Lipinski definition) is 0. The standard InChI is InChI=1S/C74H53NSi2/c1-7-26-52(27-8-1)53-28-23-39-59(50-53)77(57-35-15-5-16-36-57,58-37-17-6-18-38-58)70-47-25-44-66-71-63-41-19-20-42-64(63)74(73(66)70)72-65(71)43-24-46-68(72)75-67-45-22-21-40-61(67)62-49-48-60(51-69(62)75)76(54-29-9-2-10-30-54,55-31-11-3-12-32-55)56-33-13-4-14-34-56/h1-51,71,74H/i1D,7D,8D,26D,27D. The van der Waals surface area contributed by atoms with Crippen molar-refractivity contribution in [2.24, 2.45) is 0 Å². The average molecular weight is 1020 g/mol. The highest BCUT2D eigenvalue weighted by Gasteiger charge is 2.50. The summed E-state index contributed by atoms with van der Waals surface area (Å²) in [4.78, 5) is 0. The summed E-state index contributed by atoms with van der Waals surface area (Å²) in [5.41, 5.74) is 12.1. The predicted molar refractivity (Wildman–Crippen MR) is 328 cm³/mol. The molecule has 1 nitrogen and oxygen atoms in total. The van der Waals surface area contributed by atoms with E-state index < -0.39 is 22.2 Å². The molecule has 0 fully saturated rings. The highest BCUT2D eigenvalue weighted by Crippen LogP contribution is 2.57. The second-order valence-corrected chi connectivity index (χ2v) is 28.2. The van der Waals surface area contributed by atoms with E-state index in [0.29, 0.717) is 5.56 Å². The van der Waals surface area contributed by atoms with Gasteiger partial charge in [0.2, 0.25) is 0 Å². The summed E-state index contributed by atoms with van der Waals surface area (Å²) in [5.74, 6) is -0.257. The zero-order valence-electron chi connectivity index (χ0n) is 47.2. The van der Waals surface area contributed by atoms with Gasteiger partial charge in [0.1, 0.15) is 0 Å². The minimum Gasteiger partial charge on any atom is -0.309 e. The molecule has 2 atom stereocenters. The van der Waals surface area contributed by atoms with Gasteiger partial charge in [-0.3, -0.25) is 0 Å². The first-order chi connectivity index (χ1) is 40.3. The Hall–Kier alpha value is -9.13. The van der Waals surface area contributed by atoms with Crippen LogP contribution >= 0.6 is 0 Å². The first kappa shape index (κ1) is 40.2. The molecule has 3 heteroatoms. The van der Waals surface area contributed by atoms with E-state index >= 15 is 0 Å². The summed E-state index contributed by atoms with van der Waals surface area (Å²) in [7, 11) is -6.40. The average Bonchev–Trinajstić information content (AvgIpc) is 1.03. The van der Waals surface area contributed by atoms with E-state index in [4.69, 9.17) is 4.11 Å². The molecule has 3 aliphatic carbocycles. The van der Waals surface area contributed by atoms with E-state index in [9.17, 15) is 2.74 Å². The molecule has 0 spiro atoms. The number of para-hydroxylation sites is 1. The number of nitrogens with zero attached hydrogens (tertiary/aromatic N) is 1. The molecule has 77 heavy (non-hydrogen) atoms. The normalized spacial score (nSPS) is 15.4. The molecule has 0 saturated heterocycles. The van der Waals surface area contributed by atoms with Gasteiger partial charge in [0.05, 0.1) is 23.6 Å². The van der Waals surface area contributed by atoms with Crippen molar-refractivity contribution in [1.82, 2.24) is 4.57 Å². The van der Waals surface area contributed by atoms with Gasteiger partial charge in [0, 0.05) is 22.6 Å². The molecule has 12 aromatic carbocycles. The maximum Gasteiger partial charge on any atom is 0.179 e. The van der Waals surface area contributed by atoms with E-state index in [-0.39, 0.29) is 41.6 Å². The maximum atomic E-state index is 9.19. The van der Waals surface area contributed by atoms with Crippen molar-refractivity contribution in [1.29, 1.82) is 0 Å². The minimum absolute atomic E-state index is 0.0697. The van der Waals surface area contributed by atoms with E-state index in [2.05, 4.69) is 271 Å². The molecule has 0 saturated carbocycles. The van der Waals surface area contributed by atoms with Crippen LogP contribution in [-0.4, -0.2) is 20.7 Å². The lowest BCUT2D eigenvalue weighted by atomic mass is 9.60. The molecule has 2 bridgehead atoms. The van der Waals surface area contributed by atoms with Crippen LogP contribution in [0.5, 0.6) is 0 Å². The third kappa shape index (κ3) is 6.77. The van der Waals surface area contributed by atoms with Crippen LogP contribution < -0.4 is 41.5 Å². The zero-order valence-corrected chi connectivity index (χ0v) is 44.2. The predicted octanol–water partition coefficient (Wildman–Crippen LogP) is 12.2. The van der Waals surface area contributed by atoms with Gasteiger partial charge in [0.25, 0.3) is 0 Å². The van der Waals surface area contributed by atoms with Gasteiger partial charge >= 0.3 is 0 Å². The molecule has 362 valence electrons. The van der Waals surface area contributed by atoms with Crippen LogP contribution in [0.1, 0.15) is 52.1 Å². The topological polar surface area (TPSA) is 4.93 Å². The van der Waals surface area contributed by atoms with Crippen molar-refractivity contribution in [3.63, 3.8) is 0 Å². The van der Waals surface area contributed by atoms with Gasteiger partial charge in [-0.2, -0.15) is 0 Å². The fraction of sp³-hybridized carbons (Fsp3) is 0.0270. The Morgan fingerprint density at radius 1 is 0.299 bits per heavy atom. The summed E-state index contributed by atoms with van der Waals surface area (Å²) in [6, 6.07) is 102. The fourth-order valence-corrected chi connectivity index (χ4v) is 23.8. The van der Waals surface area contributed by atoms with Crippen molar-refractivity contribution in [3.05, 3.63) is 343 Å². The monoisotopic (exact) mass is 1020 g/mol. The third-order valence-electron chi connectivity index (χ3n) is 16.9. The van der Waals surface area contributed by atoms with Crippen LogP contribution in [0.25, 0.3) is 38.6 Å².